The predicted octanol–water partition coefficient (Wildman–Crippen LogP) is 2.16. The standard InChI is InChI=1S/C14H16N2O4S2/c1-10(2)20-12-7-5-11(6-8-12)14(17)15-16-22(18,19)13-4-3-9-21-13/h3-10,16H,1-2H3,(H,15,17). The highest BCUT2D eigenvalue weighted by Crippen LogP contribution is 2.15. The smallest absolute Gasteiger partial charge is 0.266 e. The Balaban J connectivity index is 1.98. The molecule has 1 aromatic carbocycles. The molecule has 0 fully saturated rings. The largest absolute Gasteiger partial charge is 0.491 e. The lowest BCUT2D eigenvalue weighted by Crippen LogP contribution is -2.41. The number of rotatable bonds is 6. The number of sulfonamides is 1. The van der Waals surface area contributed by atoms with Crippen molar-refractivity contribution in [3.63, 3.8) is 0 Å². The van der Waals surface area contributed by atoms with Crippen LogP contribution >= 0.6 is 11.3 Å². The molecule has 0 spiro atoms. The minimum absolute atomic E-state index is 0.0392. The maximum absolute atomic E-state index is 11.9. The molecule has 1 aromatic heterocycles. The molecule has 1 heterocycles. The molecule has 0 aliphatic rings. The van der Waals surface area contributed by atoms with Crippen molar-refractivity contribution in [1.29, 1.82) is 0 Å². The van der Waals surface area contributed by atoms with Crippen LogP contribution in [-0.2, 0) is 10.0 Å². The van der Waals surface area contributed by atoms with Crippen molar-refractivity contribution in [3.05, 3.63) is 47.3 Å². The van der Waals surface area contributed by atoms with E-state index in [1.807, 2.05) is 13.8 Å². The summed E-state index contributed by atoms with van der Waals surface area (Å²) in [7, 11) is -3.73. The van der Waals surface area contributed by atoms with E-state index in [0.717, 1.165) is 11.3 Å². The monoisotopic (exact) mass is 340 g/mol. The number of hydrazine groups is 1. The molecular formula is C14H16N2O4S2. The highest BCUT2D eigenvalue weighted by molar-refractivity contribution is 7.91. The molecule has 0 saturated carbocycles. The van der Waals surface area contributed by atoms with E-state index in [2.05, 4.69) is 10.3 Å². The van der Waals surface area contributed by atoms with Crippen LogP contribution in [0.2, 0.25) is 0 Å². The summed E-state index contributed by atoms with van der Waals surface area (Å²) in [5, 5.41) is 1.64. The normalized spacial score (nSPS) is 11.4. The second kappa shape index (κ2) is 6.91. The first-order valence-electron chi connectivity index (χ1n) is 6.51. The van der Waals surface area contributed by atoms with Crippen molar-refractivity contribution in [3.8, 4) is 5.75 Å². The van der Waals surface area contributed by atoms with Gasteiger partial charge in [-0.05, 0) is 49.6 Å². The van der Waals surface area contributed by atoms with Gasteiger partial charge >= 0.3 is 0 Å². The molecule has 0 atom stereocenters. The van der Waals surface area contributed by atoms with E-state index in [-0.39, 0.29) is 10.3 Å². The van der Waals surface area contributed by atoms with Gasteiger partial charge in [0.2, 0.25) is 0 Å². The molecule has 22 heavy (non-hydrogen) atoms. The van der Waals surface area contributed by atoms with Crippen LogP contribution in [0.3, 0.4) is 0 Å². The number of carbonyl (C=O) groups is 1. The average molecular weight is 340 g/mol. The second-order valence-corrected chi connectivity index (χ2v) is 7.54. The van der Waals surface area contributed by atoms with Gasteiger partial charge in [0.05, 0.1) is 6.10 Å². The third-order valence-electron chi connectivity index (χ3n) is 2.55. The van der Waals surface area contributed by atoms with Crippen molar-refractivity contribution in [2.24, 2.45) is 0 Å². The summed E-state index contributed by atoms with van der Waals surface area (Å²) in [6, 6.07) is 9.51. The van der Waals surface area contributed by atoms with E-state index < -0.39 is 15.9 Å². The Labute approximate surface area is 133 Å². The van der Waals surface area contributed by atoms with Crippen molar-refractivity contribution in [1.82, 2.24) is 10.3 Å². The first kappa shape index (κ1) is 16.5. The van der Waals surface area contributed by atoms with E-state index in [4.69, 9.17) is 4.74 Å². The fraction of sp³-hybridized carbons (Fsp3) is 0.214. The molecule has 6 nitrogen and oxygen atoms in total. The Morgan fingerprint density at radius 2 is 1.86 bits per heavy atom. The first-order valence-corrected chi connectivity index (χ1v) is 8.87. The summed E-state index contributed by atoms with van der Waals surface area (Å²) < 4.78 is 29.3. The van der Waals surface area contributed by atoms with Crippen LogP contribution in [-0.4, -0.2) is 20.4 Å². The number of carbonyl (C=O) groups excluding carboxylic acids is 1. The molecule has 0 radical (unpaired) electrons. The summed E-state index contributed by atoms with van der Waals surface area (Å²) in [4.78, 5) is 14.0. The van der Waals surface area contributed by atoms with E-state index in [1.54, 1.807) is 35.7 Å². The van der Waals surface area contributed by atoms with Gasteiger partial charge in [-0.15, -0.1) is 16.2 Å². The zero-order valence-corrected chi connectivity index (χ0v) is 13.7. The average Bonchev–Trinajstić information content (AvgIpc) is 3.00. The van der Waals surface area contributed by atoms with Gasteiger partial charge in [-0.3, -0.25) is 10.2 Å². The van der Waals surface area contributed by atoms with Gasteiger partial charge in [-0.2, -0.15) is 0 Å². The Morgan fingerprint density at radius 1 is 1.18 bits per heavy atom. The Bertz CT molecular complexity index is 723. The molecule has 8 heteroatoms. The zero-order valence-electron chi connectivity index (χ0n) is 12.1. The van der Waals surface area contributed by atoms with Gasteiger partial charge in [-0.25, -0.2) is 8.42 Å². The molecule has 0 bridgehead atoms. The number of amides is 1. The van der Waals surface area contributed by atoms with Gasteiger partial charge in [0, 0.05) is 5.56 Å². The maximum atomic E-state index is 11.9. The van der Waals surface area contributed by atoms with Crippen molar-refractivity contribution < 1.29 is 17.9 Å². The summed E-state index contributed by atoms with van der Waals surface area (Å²) in [6.45, 7) is 3.81. The van der Waals surface area contributed by atoms with E-state index in [9.17, 15) is 13.2 Å². The molecule has 0 unspecified atom stereocenters. The van der Waals surface area contributed by atoms with Gasteiger partial charge in [-0.1, -0.05) is 6.07 Å². The third-order valence-corrected chi connectivity index (χ3v) is 5.19. The summed E-state index contributed by atoms with van der Waals surface area (Å²) in [5.74, 6) is 0.0990. The van der Waals surface area contributed by atoms with Gasteiger partial charge in [0.15, 0.2) is 0 Å². The highest BCUT2D eigenvalue weighted by atomic mass is 32.2. The summed E-state index contributed by atoms with van der Waals surface area (Å²) in [5.41, 5.74) is 2.50. The van der Waals surface area contributed by atoms with Crippen LogP contribution in [0.4, 0.5) is 0 Å². The lowest BCUT2D eigenvalue weighted by Gasteiger charge is -2.10. The molecule has 0 aliphatic heterocycles. The quantitative estimate of drug-likeness (QED) is 0.789. The van der Waals surface area contributed by atoms with Gasteiger partial charge in [0.25, 0.3) is 15.9 Å². The number of nitrogens with one attached hydrogen (secondary N) is 2. The van der Waals surface area contributed by atoms with E-state index in [0.29, 0.717) is 11.3 Å². The number of thiophene rings is 1. The van der Waals surface area contributed by atoms with Gasteiger partial charge < -0.3 is 4.74 Å². The molecule has 2 rings (SSSR count). The number of hydrogen-bond acceptors (Lipinski definition) is 5. The highest BCUT2D eigenvalue weighted by Gasteiger charge is 2.16. The third kappa shape index (κ3) is 4.30. The lowest BCUT2D eigenvalue weighted by atomic mass is 10.2. The predicted molar refractivity (Wildman–Crippen MR) is 84.3 cm³/mol. The number of benzene rings is 1. The maximum Gasteiger partial charge on any atom is 0.266 e. The molecule has 118 valence electrons. The fourth-order valence-electron chi connectivity index (χ4n) is 1.61. The molecule has 0 aliphatic carbocycles. The van der Waals surface area contributed by atoms with Crippen LogP contribution in [0, 0.1) is 0 Å². The molecule has 2 aromatic rings. The van der Waals surface area contributed by atoms with Crippen molar-refractivity contribution in [2.45, 2.75) is 24.2 Å². The molecular weight excluding hydrogens is 324 g/mol. The van der Waals surface area contributed by atoms with Crippen LogP contribution in [0.25, 0.3) is 0 Å². The minimum atomic E-state index is -3.73. The van der Waals surface area contributed by atoms with E-state index in [1.165, 1.54) is 6.07 Å². The van der Waals surface area contributed by atoms with Gasteiger partial charge in [0.1, 0.15) is 9.96 Å². The fourth-order valence-corrected chi connectivity index (χ4v) is 3.44. The van der Waals surface area contributed by atoms with Crippen molar-refractivity contribution >= 4 is 27.3 Å². The first-order chi connectivity index (χ1) is 10.4. The molecule has 0 saturated heterocycles. The Morgan fingerprint density at radius 3 is 2.41 bits per heavy atom. The second-order valence-electron chi connectivity index (χ2n) is 4.68. The van der Waals surface area contributed by atoms with Crippen molar-refractivity contribution in [2.75, 3.05) is 0 Å². The summed E-state index contributed by atoms with van der Waals surface area (Å²) in [6.07, 6.45) is 0.0392. The van der Waals surface area contributed by atoms with E-state index >= 15 is 0 Å². The molecule has 2 N–H and O–H groups in total. The SMILES string of the molecule is CC(C)Oc1ccc(C(=O)NNS(=O)(=O)c2cccs2)cc1. The zero-order chi connectivity index (χ0) is 16.2. The van der Waals surface area contributed by atoms with Crippen LogP contribution in [0.5, 0.6) is 5.75 Å². The Hall–Kier alpha value is -1.90. The lowest BCUT2D eigenvalue weighted by molar-refractivity contribution is 0.0945. The summed E-state index contributed by atoms with van der Waals surface area (Å²) >= 11 is 1.07. The Kier molecular flexibility index (Phi) is 5.17. The topological polar surface area (TPSA) is 84.5 Å². The van der Waals surface area contributed by atoms with Crippen LogP contribution in [0.1, 0.15) is 24.2 Å². The molecule has 1 amide bonds. The van der Waals surface area contributed by atoms with Crippen LogP contribution in [0.15, 0.2) is 46.0 Å². The number of hydrogen-bond donors (Lipinski definition) is 2. The van der Waals surface area contributed by atoms with Crippen LogP contribution < -0.4 is 15.0 Å². The minimum Gasteiger partial charge on any atom is -0.491 e. The number of ether oxygens (including phenoxy) is 1.